The first-order chi connectivity index (χ1) is 14.6. The lowest BCUT2D eigenvalue weighted by Gasteiger charge is -2.20. The number of anilines is 1. The van der Waals surface area contributed by atoms with Crippen molar-refractivity contribution >= 4 is 44.2 Å². The Morgan fingerprint density at radius 2 is 1.93 bits per heavy atom. The highest BCUT2D eigenvalue weighted by Gasteiger charge is 2.21. The van der Waals surface area contributed by atoms with Gasteiger partial charge >= 0.3 is 0 Å². The molecule has 0 aliphatic carbocycles. The second-order valence-electron chi connectivity index (χ2n) is 6.41. The number of carbonyl (C=O) groups is 1. The average Bonchev–Trinajstić information content (AvgIpc) is 3.20. The number of hydrogen-bond acceptors (Lipinski definition) is 6. The molecule has 0 bridgehead atoms. The molecule has 0 unspecified atom stereocenters. The van der Waals surface area contributed by atoms with Crippen LogP contribution in [0.4, 0.5) is 5.13 Å². The molecule has 30 heavy (non-hydrogen) atoms. The van der Waals surface area contributed by atoms with Gasteiger partial charge in [-0.3, -0.25) is 14.7 Å². The van der Waals surface area contributed by atoms with E-state index in [1.807, 2.05) is 30.3 Å². The minimum Gasteiger partial charge on any atom is -0.497 e. The van der Waals surface area contributed by atoms with Crippen molar-refractivity contribution in [2.45, 2.75) is 6.54 Å². The first kappa shape index (κ1) is 20.1. The molecule has 0 aliphatic rings. The third-order valence-electron chi connectivity index (χ3n) is 4.35. The summed E-state index contributed by atoms with van der Waals surface area (Å²) in [6.45, 7) is 0.217. The van der Waals surface area contributed by atoms with E-state index in [-0.39, 0.29) is 12.5 Å². The molecule has 0 fully saturated rings. The molecule has 4 rings (SSSR count). The monoisotopic (exact) mass is 439 g/mol. The minimum absolute atomic E-state index is 0.124. The van der Waals surface area contributed by atoms with Crippen molar-refractivity contribution in [1.82, 2.24) is 9.97 Å². The van der Waals surface area contributed by atoms with Crippen LogP contribution in [0.5, 0.6) is 11.5 Å². The van der Waals surface area contributed by atoms with E-state index in [0.717, 1.165) is 21.5 Å². The Balaban J connectivity index is 1.60. The number of rotatable bonds is 7. The summed E-state index contributed by atoms with van der Waals surface area (Å²) in [6.07, 6.45) is 3.43. The van der Waals surface area contributed by atoms with Crippen LogP contribution in [-0.2, 0) is 11.3 Å². The number of amides is 1. The van der Waals surface area contributed by atoms with Gasteiger partial charge in [0.15, 0.2) is 11.7 Å². The molecule has 152 valence electrons. The second-order valence-corrected chi connectivity index (χ2v) is 7.86. The predicted octanol–water partition coefficient (Wildman–Crippen LogP) is 4.97. The Labute approximate surface area is 182 Å². The molecule has 0 saturated heterocycles. The van der Waals surface area contributed by atoms with Gasteiger partial charge in [0, 0.05) is 23.5 Å². The van der Waals surface area contributed by atoms with Gasteiger partial charge in [0.05, 0.1) is 23.9 Å². The summed E-state index contributed by atoms with van der Waals surface area (Å²) in [5.74, 6) is 1.08. The lowest BCUT2D eigenvalue weighted by molar-refractivity contribution is -0.120. The van der Waals surface area contributed by atoms with E-state index in [1.165, 1.54) is 11.3 Å². The SMILES string of the molecule is COc1ccc2sc(N(Cc3cccnc3)C(=O)COc3ccc(Cl)cc3)nc2c1. The summed E-state index contributed by atoms with van der Waals surface area (Å²) >= 11 is 7.34. The van der Waals surface area contributed by atoms with Crippen molar-refractivity contribution in [3.05, 3.63) is 77.6 Å². The van der Waals surface area contributed by atoms with Crippen LogP contribution >= 0.6 is 22.9 Å². The Morgan fingerprint density at radius 3 is 2.67 bits per heavy atom. The molecule has 2 aromatic carbocycles. The number of hydrogen-bond donors (Lipinski definition) is 0. The number of nitrogens with zero attached hydrogens (tertiary/aromatic N) is 3. The topological polar surface area (TPSA) is 64.5 Å². The molecule has 0 N–H and O–H groups in total. The molecule has 8 heteroatoms. The lowest BCUT2D eigenvalue weighted by Crippen LogP contribution is -2.34. The highest BCUT2D eigenvalue weighted by Crippen LogP contribution is 2.32. The molecule has 0 aliphatic heterocycles. The standard InChI is InChI=1S/C22H18ClN3O3S/c1-28-18-8-9-20-19(11-18)25-22(30-20)26(13-15-3-2-10-24-12-15)21(27)14-29-17-6-4-16(23)5-7-17/h2-12H,13-14H2,1H3. The number of carbonyl (C=O) groups excluding carboxylic acids is 1. The van der Waals surface area contributed by atoms with Gasteiger partial charge in [-0.2, -0.15) is 0 Å². The van der Waals surface area contributed by atoms with E-state index < -0.39 is 0 Å². The molecular formula is C22H18ClN3O3S. The van der Waals surface area contributed by atoms with Crippen molar-refractivity contribution in [2.75, 3.05) is 18.6 Å². The lowest BCUT2D eigenvalue weighted by atomic mass is 10.2. The fourth-order valence-electron chi connectivity index (χ4n) is 2.83. The summed E-state index contributed by atoms with van der Waals surface area (Å²) < 4.78 is 11.9. The van der Waals surface area contributed by atoms with Crippen LogP contribution < -0.4 is 14.4 Å². The van der Waals surface area contributed by atoms with Crippen molar-refractivity contribution in [2.24, 2.45) is 0 Å². The molecule has 4 aromatic rings. The van der Waals surface area contributed by atoms with Gasteiger partial charge in [-0.15, -0.1) is 0 Å². The van der Waals surface area contributed by atoms with Crippen LogP contribution in [-0.4, -0.2) is 29.6 Å². The molecular weight excluding hydrogens is 422 g/mol. The summed E-state index contributed by atoms with van der Waals surface area (Å²) in [6, 6.07) is 16.3. The maximum absolute atomic E-state index is 13.1. The number of pyridine rings is 1. The van der Waals surface area contributed by atoms with E-state index >= 15 is 0 Å². The number of methoxy groups -OCH3 is 1. The highest BCUT2D eigenvalue weighted by molar-refractivity contribution is 7.22. The highest BCUT2D eigenvalue weighted by atomic mass is 35.5. The molecule has 6 nitrogen and oxygen atoms in total. The molecule has 2 heterocycles. The minimum atomic E-state index is -0.208. The Kier molecular flexibility index (Phi) is 6.11. The van der Waals surface area contributed by atoms with Crippen molar-refractivity contribution in [1.29, 1.82) is 0 Å². The number of ether oxygens (including phenoxy) is 2. The van der Waals surface area contributed by atoms with Gasteiger partial charge in [-0.1, -0.05) is 29.0 Å². The number of benzene rings is 2. The number of aromatic nitrogens is 2. The number of fused-ring (bicyclic) bond motifs is 1. The van der Waals surface area contributed by atoms with E-state index in [2.05, 4.69) is 9.97 Å². The van der Waals surface area contributed by atoms with Crippen LogP contribution in [0.25, 0.3) is 10.2 Å². The zero-order chi connectivity index (χ0) is 20.9. The van der Waals surface area contributed by atoms with Crippen molar-refractivity contribution in [3.63, 3.8) is 0 Å². The average molecular weight is 440 g/mol. The van der Waals surface area contributed by atoms with E-state index in [1.54, 1.807) is 48.7 Å². The van der Waals surface area contributed by atoms with Crippen LogP contribution in [0, 0.1) is 0 Å². The normalized spacial score (nSPS) is 10.7. The second kappa shape index (κ2) is 9.11. The summed E-state index contributed by atoms with van der Waals surface area (Å²) in [5.41, 5.74) is 1.67. The molecule has 0 saturated carbocycles. The maximum atomic E-state index is 13.1. The third kappa shape index (κ3) is 4.69. The number of halogens is 1. The van der Waals surface area contributed by atoms with Gasteiger partial charge in [0.25, 0.3) is 5.91 Å². The van der Waals surface area contributed by atoms with Gasteiger partial charge in [-0.05, 0) is 48.0 Å². The van der Waals surface area contributed by atoms with Crippen molar-refractivity contribution < 1.29 is 14.3 Å². The fourth-order valence-corrected chi connectivity index (χ4v) is 3.92. The van der Waals surface area contributed by atoms with Crippen LogP contribution in [0.1, 0.15) is 5.56 Å². The smallest absolute Gasteiger partial charge is 0.267 e. The van der Waals surface area contributed by atoms with Gasteiger partial charge in [-0.25, -0.2) is 4.98 Å². The molecule has 2 aromatic heterocycles. The molecule has 1 amide bonds. The summed E-state index contributed by atoms with van der Waals surface area (Å²) in [5, 5.41) is 1.20. The first-order valence-electron chi connectivity index (χ1n) is 9.14. The van der Waals surface area contributed by atoms with Crippen LogP contribution in [0.3, 0.4) is 0 Å². The van der Waals surface area contributed by atoms with E-state index in [0.29, 0.717) is 22.4 Å². The van der Waals surface area contributed by atoms with E-state index in [9.17, 15) is 4.79 Å². The van der Waals surface area contributed by atoms with Gasteiger partial charge in [0.2, 0.25) is 0 Å². The number of thiazole rings is 1. The summed E-state index contributed by atoms with van der Waals surface area (Å²) in [4.78, 5) is 23.5. The zero-order valence-corrected chi connectivity index (χ0v) is 17.7. The van der Waals surface area contributed by atoms with Gasteiger partial charge in [0.1, 0.15) is 11.5 Å². The Hall–Kier alpha value is -3.16. The van der Waals surface area contributed by atoms with Crippen molar-refractivity contribution in [3.8, 4) is 11.5 Å². The summed E-state index contributed by atoms with van der Waals surface area (Å²) in [7, 11) is 1.61. The maximum Gasteiger partial charge on any atom is 0.267 e. The predicted molar refractivity (Wildman–Crippen MR) is 119 cm³/mol. The Bertz CT molecular complexity index is 1150. The quantitative estimate of drug-likeness (QED) is 0.407. The van der Waals surface area contributed by atoms with E-state index in [4.69, 9.17) is 21.1 Å². The Morgan fingerprint density at radius 1 is 1.13 bits per heavy atom. The van der Waals surface area contributed by atoms with Crippen LogP contribution in [0.15, 0.2) is 67.0 Å². The van der Waals surface area contributed by atoms with Gasteiger partial charge < -0.3 is 9.47 Å². The fraction of sp³-hybridized carbons (Fsp3) is 0.136. The zero-order valence-electron chi connectivity index (χ0n) is 16.1. The largest absolute Gasteiger partial charge is 0.497 e. The molecule has 0 radical (unpaired) electrons. The van der Waals surface area contributed by atoms with Crippen LogP contribution in [0.2, 0.25) is 5.02 Å². The third-order valence-corrected chi connectivity index (χ3v) is 5.67. The first-order valence-corrected chi connectivity index (χ1v) is 10.3. The molecule has 0 atom stereocenters. The molecule has 0 spiro atoms.